The molecule has 98 valence electrons. The van der Waals surface area contributed by atoms with Crippen LogP contribution in [-0.4, -0.2) is 21.7 Å². The van der Waals surface area contributed by atoms with Crippen LogP contribution >= 0.6 is 0 Å². The smallest absolute Gasteiger partial charge is 0.271 e. The summed E-state index contributed by atoms with van der Waals surface area (Å²) >= 11 is 0. The second kappa shape index (κ2) is 6.06. The van der Waals surface area contributed by atoms with Gasteiger partial charge in [0, 0.05) is 18.0 Å². The normalized spacial score (nSPS) is 10.7. The van der Waals surface area contributed by atoms with E-state index in [2.05, 4.69) is 20.5 Å². The zero-order valence-electron chi connectivity index (χ0n) is 10.3. The number of aromatic nitrogens is 2. The summed E-state index contributed by atoms with van der Waals surface area (Å²) in [6.07, 6.45) is 2.95. The van der Waals surface area contributed by atoms with E-state index in [1.165, 1.54) is 18.3 Å². The topological polar surface area (TPSA) is 117 Å². The summed E-state index contributed by atoms with van der Waals surface area (Å²) in [5.41, 5.74) is 8.86. The molecule has 0 aliphatic rings. The van der Waals surface area contributed by atoms with Crippen LogP contribution in [0.1, 0.15) is 21.7 Å². The number of nitrogens with zero attached hydrogens (tertiary/aromatic N) is 4. The van der Waals surface area contributed by atoms with Crippen LogP contribution in [0.15, 0.2) is 47.8 Å². The lowest BCUT2D eigenvalue weighted by atomic mass is 10.2. The highest BCUT2D eigenvalue weighted by atomic mass is 16.2. The summed E-state index contributed by atoms with van der Waals surface area (Å²) < 4.78 is 0. The van der Waals surface area contributed by atoms with Gasteiger partial charge in [-0.3, -0.25) is 9.78 Å². The molecule has 0 spiro atoms. The van der Waals surface area contributed by atoms with E-state index in [4.69, 9.17) is 11.0 Å². The zero-order chi connectivity index (χ0) is 14.4. The van der Waals surface area contributed by atoms with E-state index in [0.29, 0.717) is 5.69 Å². The second-order valence-corrected chi connectivity index (χ2v) is 3.69. The minimum Gasteiger partial charge on any atom is -0.380 e. The monoisotopic (exact) mass is 266 g/mol. The van der Waals surface area contributed by atoms with Crippen LogP contribution in [0.4, 0.5) is 0 Å². The van der Waals surface area contributed by atoms with Crippen LogP contribution in [0.2, 0.25) is 0 Å². The molecule has 0 saturated carbocycles. The van der Waals surface area contributed by atoms with E-state index in [1.54, 1.807) is 24.4 Å². The highest BCUT2D eigenvalue weighted by Crippen LogP contribution is 2.00. The van der Waals surface area contributed by atoms with Gasteiger partial charge in [-0.2, -0.15) is 10.4 Å². The van der Waals surface area contributed by atoms with Crippen LogP contribution in [0.25, 0.3) is 0 Å². The number of carbonyl (C=O) groups is 1. The maximum absolute atomic E-state index is 11.8. The summed E-state index contributed by atoms with van der Waals surface area (Å²) in [4.78, 5) is 19.6. The average molecular weight is 266 g/mol. The molecule has 1 amide bonds. The molecule has 0 unspecified atom stereocenters. The van der Waals surface area contributed by atoms with Crippen LogP contribution in [0.3, 0.4) is 0 Å². The van der Waals surface area contributed by atoms with Gasteiger partial charge in [0.15, 0.2) is 5.84 Å². The van der Waals surface area contributed by atoms with Gasteiger partial charge >= 0.3 is 0 Å². The third-order valence-electron chi connectivity index (χ3n) is 2.34. The lowest BCUT2D eigenvalue weighted by molar-refractivity contribution is 0.0954. The molecule has 0 aliphatic heterocycles. The van der Waals surface area contributed by atoms with Gasteiger partial charge in [0.2, 0.25) is 0 Å². The zero-order valence-corrected chi connectivity index (χ0v) is 10.3. The second-order valence-electron chi connectivity index (χ2n) is 3.69. The van der Waals surface area contributed by atoms with Crippen molar-refractivity contribution in [3.63, 3.8) is 0 Å². The Morgan fingerprint density at radius 2 is 2.15 bits per heavy atom. The van der Waals surface area contributed by atoms with Crippen molar-refractivity contribution in [2.24, 2.45) is 10.8 Å². The first-order valence-corrected chi connectivity index (χ1v) is 5.62. The Labute approximate surface area is 114 Å². The standard InChI is InChI=1S/C13H10N6O/c14-8-10-7-9(4-6-16-10)13(20)19-18-12(15)11-3-1-2-5-17-11/h1-7H,(H2,15,18)(H,19,20). The summed E-state index contributed by atoms with van der Waals surface area (Å²) in [5.74, 6) is -0.392. The van der Waals surface area contributed by atoms with E-state index in [0.717, 1.165) is 0 Å². The number of nitrogens with two attached hydrogens (primary N) is 1. The molecule has 2 rings (SSSR count). The van der Waals surface area contributed by atoms with E-state index in [9.17, 15) is 4.79 Å². The minimum atomic E-state index is -0.484. The number of nitrogens with one attached hydrogen (secondary N) is 1. The fraction of sp³-hybridized carbons (Fsp3) is 0. The number of hydrogen-bond acceptors (Lipinski definition) is 5. The molecular weight excluding hydrogens is 256 g/mol. The Morgan fingerprint density at radius 3 is 2.85 bits per heavy atom. The van der Waals surface area contributed by atoms with Gasteiger partial charge in [-0.25, -0.2) is 10.4 Å². The molecule has 20 heavy (non-hydrogen) atoms. The molecule has 0 saturated heterocycles. The summed E-state index contributed by atoms with van der Waals surface area (Å²) in [7, 11) is 0. The number of nitriles is 1. The summed E-state index contributed by atoms with van der Waals surface area (Å²) in [6, 6.07) is 9.87. The SMILES string of the molecule is N#Cc1cc(C(=O)NN=C(N)c2ccccn2)ccn1. The molecule has 0 bridgehead atoms. The number of rotatable bonds is 3. The van der Waals surface area contributed by atoms with E-state index >= 15 is 0 Å². The molecule has 7 nitrogen and oxygen atoms in total. The molecule has 0 aliphatic carbocycles. The number of pyridine rings is 2. The van der Waals surface area contributed by atoms with Gasteiger partial charge in [-0.15, -0.1) is 0 Å². The number of amides is 1. The van der Waals surface area contributed by atoms with E-state index in [1.807, 2.05) is 6.07 Å². The van der Waals surface area contributed by atoms with Crippen LogP contribution in [0, 0.1) is 11.3 Å². The molecular formula is C13H10N6O. The Morgan fingerprint density at radius 1 is 1.30 bits per heavy atom. The number of amidine groups is 1. The highest BCUT2D eigenvalue weighted by molar-refractivity contribution is 5.98. The van der Waals surface area contributed by atoms with Crippen molar-refractivity contribution in [1.29, 1.82) is 5.26 Å². The van der Waals surface area contributed by atoms with Crippen LogP contribution in [-0.2, 0) is 0 Å². The van der Waals surface area contributed by atoms with Crippen molar-refractivity contribution in [3.05, 3.63) is 59.7 Å². The quantitative estimate of drug-likeness (QED) is 0.473. The number of hydrazone groups is 1. The minimum absolute atomic E-state index is 0.0912. The Balaban J connectivity index is 2.10. The van der Waals surface area contributed by atoms with Crippen LogP contribution in [0.5, 0.6) is 0 Å². The van der Waals surface area contributed by atoms with Gasteiger partial charge in [0.25, 0.3) is 5.91 Å². The third-order valence-corrected chi connectivity index (χ3v) is 2.34. The van der Waals surface area contributed by atoms with E-state index < -0.39 is 5.91 Å². The largest absolute Gasteiger partial charge is 0.380 e. The molecule has 2 aromatic rings. The van der Waals surface area contributed by atoms with Gasteiger partial charge < -0.3 is 5.73 Å². The molecule has 3 N–H and O–H groups in total. The molecule has 0 radical (unpaired) electrons. The van der Waals surface area contributed by atoms with Gasteiger partial charge in [-0.05, 0) is 24.3 Å². The van der Waals surface area contributed by atoms with Gasteiger partial charge in [0.1, 0.15) is 17.5 Å². The first kappa shape index (κ1) is 13.2. The Kier molecular flexibility index (Phi) is 3.99. The van der Waals surface area contributed by atoms with Crippen molar-refractivity contribution < 1.29 is 4.79 Å². The predicted octanol–water partition coefficient (Wildman–Crippen LogP) is 0.399. The molecule has 0 fully saturated rings. The first-order valence-electron chi connectivity index (χ1n) is 5.62. The van der Waals surface area contributed by atoms with Gasteiger partial charge in [-0.1, -0.05) is 6.07 Å². The Bertz CT molecular complexity index is 690. The van der Waals surface area contributed by atoms with Crippen molar-refractivity contribution in [2.45, 2.75) is 0 Å². The fourth-order valence-corrected chi connectivity index (χ4v) is 1.38. The Hall–Kier alpha value is -3.27. The molecule has 2 heterocycles. The lowest BCUT2D eigenvalue weighted by Crippen LogP contribution is -2.24. The summed E-state index contributed by atoms with van der Waals surface area (Å²) in [5, 5.41) is 12.5. The maximum atomic E-state index is 11.8. The van der Waals surface area contributed by atoms with Gasteiger partial charge in [0.05, 0.1) is 0 Å². The molecule has 2 aromatic heterocycles. The lowest BCUT2D eigenvalue weighted by Gasteiger charge is -2.02. The molecule has 0 atom stereocenters. The molecule has 0 aromatic carbocycles. The highest BCUT2D eigenvalue weighted by Gasteiger charge is 2.06. The average Bonchev–Trinajstić information content (AvgIpc) is 2.53. The first-order chi connectivity index (χ1) is 9.70. The summed E-state index contributed by atoms with van der Waals surface area (Å²) in [6.45, 7) is 0. The van der Waals surface area contributed by atoms with E-state index in [-0.39, 0.29) is 17.1 Å². The van der Waals surface area contributed by atoms with Crippen molar-refractivity contribution in [3.8, 4) is 6.07 Å². The van der Waals surface area contributed by atoms with Crippen molar-refractivity contribution in [2.75, 3.05) is 0 Å². The van der Waals surface area contributed by atoms with Crippen molar-refractivity contribution in [1.82, 2.24) is 15.4 Å². The van der Waals surface area contributed by atoms with Crippen LogP contribution < -0.4 is 11.2 Å². The third kappa shape index (κ3) is 3.14. The molecule has 7 heteroatoms. The predicted molar refractivity (Wildman–Crippen MR) is 71.4 cm³/mol. The maximum Gasteiger partial charge on any atom is 0.271 e. The van der Waals surface area contributed by atoms with Crippen molar-refractivity contribution >= 4 is 11.7 Å². The number of hydrogen-bond donors (Lipinski definition) is 2. The number of carbonyl (C=O) groups excluding carboxylic acids is 1. The fourth-order valence-electron chi connectivity index (χ4n) is 1.38.